The fourth-order valence-electron chi connectivity index (χ4n) is 2.47. The quantitative estimate of drug-likeness (QED) is 0.208. The van der Waals surface area contributed by atoms with Gasteiger partial charge < -0.3 is 24.8 Å². The Morgan fingerprint density at radius 1 is 1.03 bits per heavy atom. The first kappa shape index (κ1) is 24.4. The van der Waals surface area contributed by atoms with Crippen molar-refractivity contribution in [1.82, 2.24) is 10.7 Å². The first-order valence-electron chi connectivity index (χ1n) is 9.79. The lowest BCUT2D eigenvalue weighted by atomic mass is 10.2. The second-order valence-corrected chi connectivity index (χ2v) is 6.41. The normalized spacial score (nSPS) is 10.4. The second-order valence-electron chi connectivity index (χ2n) is 6.41. The summed E-state index contributed by atoms with van der Waals surface area (Å²) in [6, 6.07) is 13.8. The molecule has 2 rings (SSSR count). The number of carbonyl (C=O) groups is 3. The van der Waals surface area contributed by atoms with Gasteiger partial charge in [-0.25, -0.2) is 5.43 Å². The van der Waals surface area contributed by atoms with Crippen LogP contribution in [-0.4, -0.2) is 57.9 Å². The van der Waals surface area contributed by atoms with Gasteiger partial charge >= 0.3 is 11.8 Å². The summed E-state index contributed by atoms with van der Waals surface area (Å²) in [5.41, 5.74) is 3.24. The highest BCUT2D eigenvalue weighted by Crippen LogP contribution is 2.18. The van der Waals surface area contributed by atoms with Crippen molar-refractivity contribution >= 4 is 29.6 Å². The lowest BCUT2D eigenvalue weighted by Crippen LogP contribution is -2.38. The van der Waals surface area contributed by atoms with Gasteiger partial charge in [-0.3, -0.25) is 14.4 Å². The average molecular weight is 442 g/mol. The number of anilines is 1. The van der Waals surface area contributed by atoms with Crippen LogP contribution in [0.1, 0.15) is 12.0 Å². The molecular formula is C22H26N4O6. The fourth-order valence-corrected chi connectivity index (χ4v) is 2.47. The van der Waals surface area contributed by atoms with Crippen molar-refractivity contribution in [2.45, 2.75) is 6.42 Å². The van der Waals surface area contributed by atoms with Crippen molar-refractivity contribution in [3.8, 4) is 11.5 Å². The zero-order valence-corrected chi connectivity index (χ0v) is 17.9. The van der Waals surface area contributed by atoms with E-state index in [1.165, 1.54) is 6.21 Å². The number of hydrogen-bond acceptors (Lipinski definition) is 7. The van der Waals surface area contributed by atoms with Crippen LogP contribution < -0.4 is 25.5 Å². The zero-order chi connectivity index (χ0) is 23.2. The van der Waals surface area contributed by atoms with Gasteiger partial charge in [0.15, 0.2) is 6.61 Å². The molecule has 0 heterocycles. The second kappa shape index (κ2) is 13.4. The van der Waals surface area contributed by atoms with Gasteiger partial charge in [0.05, 0.1) is 13.3 Å². The van der Waals surface area contributed by atoms with Gasteiger partial charge in [-0.05, 0) is 30.7 Å². The summed E-state index contributed by atoms with van der Waals surface area (Å²) >= 11 is 0. The summed E-state index contributed by atoms with van der Waals surface area (Å²) in [6.45, 7) is 0.561. The number of benzene rings is 2. The van der Waals surface area contributed by atoms with Crippen LogP contribution in [-0.2, 0) is 19.1 Å². The summed E-state index contributed by atoms with van der Waals surface area (Å²) in [5, 5.41) is 8.95. The fraction of sp³-hybridized carbons (Fsp3) is 0.273. The maximum absolute atomic E-state index is 12.2. The number of methoxy groups -OCH3 is 2. The number of nitrogens with zero attached hydrogens (tertiary/aromatic N) is 1. The van der Waals surface area contributed by atoms with Crippen LogP contribution in [0, 0.1) is 0 Å². The number of hydrogen-bond donors (Lipinski definition) is 3. The highest BCUT2D eigenvalue weighted by Gasteiger charge is 2.12. The van der Waals surface area contributed by atoms with Crippen LogP contribution in [0.15, 0.2) is 53.6 Å². The predicted molar refractivity (Wildman–Crippen MR) is 119 cm³/mol. The number of hydrazone groups is 1. The van der Waals surface area contributed by atoms with E-state index in [4.69, 9.17) is 14.2 Å². The Morgan fingerprint density at radius 3 is 2.62 bits per heavy atom. The maximum atomic E-state index is 12.2. The molecule has 0 spiro atoms. The molecule has 0 atom stereocenters. The molecule has 170 valence electrons. The SMILES string of the molecule is COCCCNC(=O)C(=O)N/N=C\c1ccccc1OCC(=O)Nc1cccc(OC)c1. The monoisotopic (exact) mass is 442 g/mol. The van der Waals surface area contributed by atoms with Gasteiger partial charge in [-0.15, -0.1) is 0 Å². The minimum absolute atomic E-state index is 0.238. The van der Waals surface area contributed by atoms with Gasteiger partial charge in [-0.2, -0.15) is 5.10 Å². The molecule has 0 bridgehead atoms. The average Bonchev–Trinajstić information content (AvgIpc) is 2.81. The summed E-state index contributed by atoms with van der Waals surface area (Å²) in [5.74, 6) is -1.04. The topological polar surface area (TPSA) is 127 Å². The highest BCUT2D eigenvalue weighted by molar-refractivity contribution is 6.35. The predicted octanol–water partition coefficient (Wildman–Crippen LogP) is 1.32. The van der Waals surface area contributed by atoms with E-state index in [0.717, 1.165) is 0 Å². The van der Waals surface area contributed by atoms with Crippen molar-refractivity contribution in [3.63, 3.8) is 0 Å². The Morgan fingerprint density at radius 2 is 1.84 bits per heavy atom. The molecule has 0 aliphatic carbocycles. The Kier molecular flexibility index (Phi) is 10.2. The summed E-state index contributed by atoms with van der Waals surface area (Å²) in [7, 11) is 3.10. The maximum Gasteiger partial charge on any atom is 0.329 e. The molecule has 0 saturated heterocycles. The van der Waals surface area contributed by atoms with E-state index >= 15 is 0 Å². The van der Waals surface area contributed by atoms with Crippen LogP contribution in [0.3, 0.4) is 0 Å². The Bertz CT molecular complexity index is 948. The Labute approximate surface area is 185 Å². The lowest BCUT2D eigenvalue weighted by molar-refractivity contribution is -0.139. The van der Waals surface area contributed by atoms with Gasteiger partial charge in [0.2, 0.25) is 0 Å². The van der Waals surface area contributed by atoms with Gasteiger partial charge in [0.25, 0.3) is 5.91 Å². The van der Waals surface area contributed by atoms with Crippen molar-refractivity contribution in [1.29, 1.82) is 0 Å². The molecule has 10 heteroatoms. The van der Waals surface area contributed by atoms with Gasteiger partial charge in [-0.1, -0.05) is 18.2 Å². The first-order valence-corrected chi connectivity index (χ1v) is 9.79. The van der Waals surface area contributed by atoms with E-state index in [9.17, 15) is 14.4 Å². The third kappa shape index (κ3) is 8.44. The van der Waals surface area contributed by atoms with Crippen LogP contribution in [0.4, 0.5) is 5.69 Å². The summed E-state index contributed by atoms with van der Waals surface area (Å²) in [6.07, 6.45) is 1.92. The van der Waals surface area contributed by atoms with E-state index < -0.39 is 11.8 Å². The van der Waals surface area contributed by atoms with Crippen molar-refractivity contribution in [2.75, 3.05) is 39.3 Å². The molecule has 0 fully saturated rings. The smallest absolute Gasteiger partial charge is 0.329 e. The minimum atomic E-state index is -0.894. The number of amides is 3. The molecule has 3 amide bonds. The molecule has 0 aromatic heterocycles. The minimum Gasteiger partial charge on any atom is -0.497 e. The summed E-state index contributed by atoms with van der Waals surface area (Å²) < 4.78 is 15.6. The lowest BCUT2D eigenvalue weighted by Gasteiger charge is -2.10. The Balaban J connectivity index is 1.85. The largest absolute Gasteiger partial charge is 0.497 e. The van der Waals surface area contributed by atoms with Crippen molar-refractivity contribution in [3.05, 3.63) is 54.1 Å². The molecule has 0 aliphatic heterocycles. The van der Waals surface area contributed by atoms with Crippen LogP contribution in [0.5, 0.6) is 11.5 Å². The highest BCUT2D eigenvalue weighted by atomic mass is 16.5. The number of carbonyl (C=O) groups excluding carboxylic acids is 3. The van der Waals surface area contributed by atoms with E-state index in [2.05, 4.69) is 21.2 Å². The molecule has 10 nitrogen and oxygen atoms in total. The number of rotatable bonds is 11. The molecule has 32 heavy (non-hydrogen) atoms. The first-order chi connectivity index (χ1) is 15.5. The molecular weight excluding hydrogens is 416 g/mol. The van der Waals surface area contributed by atoms with E-state index in [1.807, 2.05) is 0 Å². The number of para-hydroxylation sites is 1. The van der Waals surface area contributed by atoms with Crippen molar-refractivity contribution < 1.29 is 28.6 Å². The molecule has 2 aromatic carbocycles. The molecule has 3 N–H and O–H groups in total. The third-order valence-corrected chi connectivity index (χ3v) is 4.02. The van der Waals surface area contributed by atoms with Gasteiger partial charge in [0.1, 0.15) is 11.5 Å². The molecule has 0 unspecified atom stereocenters. The van der Waals surface area contributed by atoms with Gasteiger partial charge in [0, 0.05) is 37.6 Å². The molecule has 0 radical (unpaired) electrons. The van der Waals surface area contributed by atoms with Crippen LogP contribution in [0.25, 0.3) is 0 Å². The van der Waals surface area contributed by atoms with Crippen LogP contribution >= 0.6 is 0 Å². The standard InChI is InChI=1S/C22H26N4O6/c1-30-12-6-11-23-21(28)22(29)26-24-14-16-7-3-4-10-19(16)32-15-20(27)25-17-8-5-9-18(13-17)31-2/h3-5,7-10,13-14H,6,11-12,15H2,1-2H3,(H,23,28)(H,25,27)(H,26,29)/b24-14-. The zero-order valence-electron chi connectivity index (χ0n) is 17.9. The number of ether oxygens (including phenoxy) is 3. The molecule has 0 aliphatic rings. The third-order valence-electron chi connectivity index (χ3n) is 4.02. The van der Waals surface area contributed by atoms with E-state index in [1.54, 1.807) is 62.8 Å². The van der Waals surface area contributed by atoms with E-state index in [0.29, 0.717) is 42.3 Å². The molecule has 0 saturated carbocycles. The molecule has 2 aromatic rings. The van der Waals surface area contributed by atoms with Crippen molar-refractivity contribution in [2.24, 2.45) is 5.10 Å². The number of nitrogens with one attached hydrogen (secondary N) is 3. The summed E-state index contributed by atoms with van der Waals surface area (Å²) in [4.78, 5) is 35.6. The Hall–Kier alpha value is -3.92. The van der Waals surface area contributed by atoms with E-state index in [-0.39, 0.29) is 12.5 Å². The van der Waals surface area contributed by atoms with Crippen LogP contribution in [0.2, 0.25) is 0 Å².